The SMILES string of the molecule is CC(C)(Oc1cccc(CON2C(=O)c3ccccc3C2=O)c1)C(=O)OCCN=[N+]=[N-]. The van der Waals surface area contributed by atoms with Crippen LogP contribution >= 0.6 is 0 Å². The smallest absolute Gasteiger partial charge is 0.349 e. The molecule has 0 N–H and O–H groups in total. The Morgan fingerprint density at radius 3 is 2.42 bits per heavy atom. The number of nitrogens with zero attached hydrogens (tertiary/aromatic N) is 4. The van der Waals surface area contributed by atoms with Gasteiger partial charge in [0.1, 0.15) is 12.4 Å². The summed E-state index contributed by atoms with van der Waals surface area (Å²) in [4.78, 5) is 45.0. The van der Waals surface area contributed by atoms with Crippen molar-refractivity contribution < 1.29 is 28.7 Å². The van der Waals surface area contributed by atoms with Gasteiger partial charge in [-0.3, -0.25) is 14.4 Å². The Morgan fingerprint density at radius 2 is 1.77 bits per heavy atom. The van der Waals surface area contributed by atoms with Gasteiger partial charge in [0.2, 0.25) is 0 Å². The average molecular weight is 424 g/mol. The molecule has 0 fully saturated rings. The summed E-state index contributed by atoms with van der Waals surface area (Å²) in [6.45, 7) is 3.02. The Balaban J connectivity index is 1.60. The number of hydroxylamine groups is 2. The van der Waals surface area contributed by atoms with E-state index in [0.29, 0.717) is 22.4 Å². The summed E-state index contributed by atoms with van der Waals surface area (Å²) in [7, 11) is 0. The lowest BCUT2D eigenvalue weighted by Crippen LogP contribution is -2.40. The zero-order valence-electron chi connectivity index (χ0n) is 17.0. The minimum Gasteiger partial charge on any atom is -0.476 e. The summed E-state index contributed by atoms with van der Waals surface area (Å²) in [6, 6.07) is 13.2. The fourth-order valence-corrected chi connectivity index (χ4v) is 2.86. The van der Waals surface area contributed by atoms with Gasteiger partial charge in [-0.15, -0.1) is 5.06 Å². The summed E-state index contributed by atoms with van der Waals surface area (Å²) >= 11 is 0. The third-order valence-corrected chi connectivity index (χ3v) is 4.37. The second-order valence-electron chi connectivity index (χ2n) is 7.07. The number of fused-ring (bicyclic) bond motifs is 1. The van der Waals surface area contributed by atoms with Crippen molar-refractivity contribution in [3.05, 3.63) is 75.7 Å². The fraction of sp³-hybridized carbons (Fsp3) is 0.286. The fourth-order valence-electron chi connectivity index (χ4n) is 2.86. The Bertz CT molecular complexity index is 1030. The van der Waals surface area contributed by atoms with Crippen molar-refractivity contribution in [3.63, 3.8) is 0 Å². The topological polar surface area (TPSA) is 131 Å². The van der Waals surface area contributed by atoms with Crippen molar-refractivity contribution in [2.24, 2.45) is 5.11 Å². The Hall–Kier alpha value is -3.88. The second-order valence-corrected chi connectivity index (χ2v) is 7.07. The van der Waals surface area contributed by atoms with E-state index in [4.69, 9.17) is 19.8 Å². The van der Waals surface area contributed by atoms with E-state index in [-0.39, 0.29) is 19.8 Å². The van der Waals surface area contributed by atoms with Gasteiger partial charge in [-0.1, -0.05) is 29.4 Å². The van der Waals surface area contributed by atoms with Crippen LogP contribution in [-0.4, -0.2) is 41.6 Å². The third-order valence-electron chi connectivity index (χ3n) is 4.37. The maximum absolute atomic E-state index is 12.4. The van der Waals surface area contributed by atoms with Crippen LogP contribution in [0.5, 0.6) is 5.75 Å². The van der Waals surface area contributed by atoms with Crippen LogP contribution in [0.4, 0.5) is 0 Å². The lowest BCUT2D eigenvalue weighted by molar-refractivity contribution is -0.159. The highest BCUT2D eigenvalue weighted by Crippen LogP contribution is 2.25. The van der Waals surface area contributed by atoms with Crippen LogP contribution in [0, 0.1) is 0 Å². The van der Waals surface area contributed by atoms with Crippen molar-refractivity contribution in [1.82, 2.24) is 5.06 Å². The first kappa shape index (κ1) is 21.8. The van der Waals surface area contributed by atoms with Gasteiger partial charge < -0.3 is 9.47 Å². The number of esters is 1. The first-order chi connectivity index (χ1) is 14.8. The van der Waals surface area contributed by atoms with Crippen molar-refractivity contribution in [2.75, 3.05) is 13.2 Å². The van der Waals surface area contributed by atoms with Crippen LogP contribution in [0.1, 0.15) is 40.1 Å². The molecule has 0 bridgehead atoms. The molecule has 160 valence electrons. The maximum atomic E-state index is 12.4. The van der Waals surface area contributed by atoms with Crippen LogP contribution in [0.3, 0.4) is 0 Å². The first-order valence-corrected chi connectivity index (χ1v) is 9.40. The minimum atomic E-state index is -1.29. The van der Waals surface area contributed by atoms with E-state index >= 15 is 0 Å². The van der Waals surface area contributed by atoms with Crippen LogP contribution in [0.15, 0.2) is 53.6 Å². The molecule has 10 nitrogen and oxygen atoms in total. The summed E-state index contributed by atoms with van der Waals surface area (Å²) in [6.07, 6.45) is 0. The summed E-state index contributed by atoms with van der Waals surface area (Å²) in [5, 5.41) is 4.03. The number of rotatable bonds is 9. The van der Waals surface area contributed by atoms with Crippen LogP contribution in [-0.2, 0) is 21.0 Å². The summed E-state index contributed by atoms with van der Waals surface area (Å²) in [5.41, 5.74) is 8.17. The first-order valence-electron chi connectivity index (χ1n) is 9.40. The Kier molecular flexibility index (Phi) is 6.54. The molecule has 0 radical (unpaired) electrons. The average Bonchev–Trinajstić information content (AvgIpc) is 2.99. The molecular formula is C21H20N4O6. The van der Waals surface area contributed by atoms with E-state index < -0.39 is 23.4 Å². The predicted molar refractivity (Wildman–Crippen MR) is 108 cm³/mol. The van der Waals surface area contributed by atoms with E-state index in [1.54, 1.807) is 62.4 Å². The van der Waals surface area contributed by atoms with E-state index in [2.05, 4.69) is 10.0 Å². The van der Waals surface area contributed by atoms with Gasteiger partial charge in [-0.2, -0.15) is 0 Å². The molecule has 0 aromatic heterocycles. The number of hydrogen-bond donors (Lipinski definition) is 0. The summed E-state index contributed by atoms with van der Waals surface area (Å²) < 4.78 is 10.8. The highest BCUT2D eigenvalue weighted by atomic mass is 16.7. The quantitative estimate of drug-likeness (QED) is 0.151. The third kappa shape index (κ3) is 5.00. The van der Waals surface area contributed by atoms with Gasteiger partial charge in [0.25, 0.3) is 11.8 Å². The molecule has 1 aliphatic heterocycles. The normalized spacial score (nSPS) is 12.9. The van der Waals surface area contributed by atoms with Gasteiger partial charge in [0, 0.05) is 4.91 Å². The number of carbonyl (C=O) groups excluding carboxylic acids is 3. The molecule has 0 atom stereocenters. The maximum Gasteiger partial charge on any atom is 0.349 e. The lowest BCUT2D eigenvalue weighted by Gasteiger charge is -2.24. The van der Waals surface area contributed by atoms with E-state index in [9.17, 15) is 14.4 Å². The van der Waals surface area contributed by atoms with Gasteiger partial charge in [-0.25, -0.2) is 4.79 Å². The minimum absolute atomic E-state index is 0.0307. The van der Waals surface area contributed by atoms with Gasteiger partial charge in [0.15, 0.2) is 5.60 Å². The molecule has 1 aliphatic rings. The molecule has 2 amide bonds. The monoisotopic (exact) mass is 424 g/mol. The highest BCUT2D eigenvalue weighted by molar-refractivity contribution is 6.20. The molecule has 0 saturated heterocycles. The van der Waals surface area contributed by atoms with Crippen LogP contribution in [0.25, 0.3) is 10.4 Å². The van der Waals surface area contributed by atoms with Gasteiger partial charge in [0.05, 0.1) is 24.3 Å². The Morgan fingerprint density at radius 1 is 1.10 bits per heavy atom. The highest BCUT2D eigenvalue weighted by Gasteiger charge is 2.36. The van der Waals surface area contributed by atoms with Crippen LogP contribution in [0.2, 0.25) is 0 Å². The van der Waals surface area contributed by atoms with Crippen molar-refractivity contribution in [3.8, 4) is 5.75 Å². The van der Waals surface area contributed by atoms with Gasteiger partial charge in [-0.05, 0) is 49.2 Å². The molecule has 1 heterocycles. The van der Waals surface area contributed by atoms with E-state index in [1.807, 2.05) is 0 Å². The zero-order chi connectivity index (χ0) is 22.4. The Labute approximate surface area is 177 Å². The molecule has 31 heavy (non-hydrogen) atoms. The molecule has 0 unspecified atom stereocenters. The van der Waals surface area contributed by atoms with E-state index in [1.165, 1.54) is 0 Å². The van der Waals surface area contributed by atoms with Crippen molar-refractivity contribution >= 4 is 17.8 Å². The van der Waals surface area contributed by atoms with Gasteiger partial charge >= 0.3 is 5.97 Å². The largest absolute Gasteiger partial charge is 0.476 e. The molecule has 0 spiro atoms. The zero-order valence-corrected chi connectivity index (χ0v) is 17.0. The molecule has 2 aromatic rings. The lowest BCUT2D eigenvalue weighted by atomic mass is 10.1. The van der Waals surface area contributed by atoms with Crippen LogP contribution < -0.4 is 4.74 Å². The molecule has 2 aromatic carbocycles. The molecule has 0 aliphatic carbocycles. The number of hydrogen-bond acceptors (Lipinski definition) is 7. The number of ether oxygens (including phenoxy) is 2. The van der Waals surface area contributed by atoms with Crippen molar-refractivity contribution in [2.45, 2.75) is 26.1 Å². The van der Waals surface area contributed by atoms with E-state index in [0.717, 1.165) is 5.06 Å². The predicted octanol–water partition coefficient (Wildman–Crippen LogP) is 3.43. The molecule has 10 heteroatoms. The number of carbonyl (C=O) groups is 3. The standard InChI is InChI=1S/C21H20N4O6/c1-21(2,20(28)29-11-10-23-24-22)31-15-7-5-6-14(12-15)13-30-25-18(26)16-8-3-4-9-17(16)19(25)27/h3-9,12H,10-11,13H2,1-2H3. The second kappa shape index (κ2) is 9.29. The molecule has 0 saturated carbocycles. The molecular weight excluding hydrogens is 404 g/mol. The number of amides is 2. The molecule has 3 rings (SSSR count). The summed E-state index contributed by atoms with van der Waals surface area (Å²) in [5.74, 6) is -1.27. The number of azide groups is 1. The van der Waals surface area contributed by atoms with Crippen molar-refractivity contribution in [1.29, 1.82) is 0 Å². The number of imide groups is 1. The number of benzene rings is 2.